The zero-order valence-corrected chi connectivity index (χ0v) is 16.1. The van der Waals surface area contributed by atoms with Gasteiger partial charge in [0.1, 0.15) is 5.82 Å². The van der Waals surface area contributed by atoms with Crippen LogP contribution in [0.4, 0.5) is 10.1 Å². The summed E-state index contributed by atoms with van der Waals surface area (Å²) in [6.07, 6.45) is 4.45. The average molecular weight is 394 g/mol. The van der Waals surface area contributed by atoms with Crippen LogP contribution < -0.4 is 16.0 Å². The molecule has 0 radical (unpaired) electrons. The van der Waals surface area contributed by atoms with E-state index in [4.69, 9.17) is 0 Å². The molecule has 0 fully saturated rings. The van der Waals surface area contributed by atoms with Gasteiger partial charge >= 0.3 is 0 Å². The van der Waals surface area contributed by atoms with E-state index >= 15 is 0 Å². The highest BCUT2D eigenvalue weighted by atomic mass is 19.1. The SMILES string of the molecule is CN=C(NCCc1ccc(-n2cccn2)cc1)NCC(=O)Nc1cccc(F)c1. The van der Waals surface area contributed by atoms with Gasteiger partial charge in [-0.15, -0.1) is 0 Å². The highest BCUT2D eigenvalue weighted by Gasteiger charge is 2.05. The Morgan fingerprint density at radius 2 is 1.97 bits per heavy atom. The summed E-state index contributed by atoms with van der Waals surface area (Å²) in [4.78, 5) is 16.1. The van der Waals surface area contributed by atoms with E-state index in [9.17, 15) is 9.18 Å². The van der Waals surface area contributed by atoms with E-state index in [1.807, 2.05) is 29.1 Å². The number of amides is 1. The lowest BCUT2D eigenvalue weighted by Gasteiger charge is -2.12. The lowest BCUT2D eigenvalue weighted by atomic mass is 10.1. The number of anilines is 1. The molecule has 2 aromatic carbocycles. The number of rotatable bonds is 7. The zero-order valence-electron chi connectivity index (χ0n) is 16.1. The van der Waals surface area contributed by atoms with Gasteiger partial charge in [-0.05, 0) is 48.4 Å². The molecule has 150 valence electrons. The van der Waals surface area contributed by atoms with Gasteiger partial charge in [-0.25, -0.2) is 9.07 Å². The first kappa shape index (κ1) is 20.1. The van der Waals surface area contributed by atoms with E-state index < -0.39 is 5.82 Å². The molecule has 8 heteroatoms. The standard InChI is InChI=1S/C21H23FN6O/c1-23-21(25-15-20(29)27-18-5-2-4-17(22)14-18)24-12-10-16-6-8-19(9-7-16)28-13-3-11-26-28/h2-9,11,13-14H,10,12,15H2,1H3,(H,27,29)(H2,23,24,25). The predicted molar refractivity (Wildman–Crippen MR) is 112 cm³/mol. The summed E-state index contributed by atoms with van der Waals surface area (Å²) in [7, 11) is 1.64. The fourth-order valence-electron chi connectivity index (χ4n) is 2.72. The smallest absolute Gasteiger partial charge is 0.243 e. The van der Waals surface area contributed by atoms with Crippen LogP contribution in [-0.2, 0) is 11.2 Å². The number of aromatic nitrogens is 2. The second kappa shape index (κ2) is 10.0. The van der Waals surface area contributed by atoms with Crippen LogP contribution in [0, 0.1) is 5.82 Å². The molecule has 0 atom stereocenters. The zero-order chi connectivity index (χ0) is 20.5. The van der Waals surface area contributed by atoms with Crippen LogP contribution in [0.5, 0.6) is 0 Å². The van der Waals surface area contributed by atoms with Gasteiger partial charge in [0.05, 0.1) is 12.2 Å². The fraction of sp³-hybridized carbons (Fsp3) is 0.190. The Morgan fingerprint density at radius 3 is 2.66 bits per heavy atom. The van der Waals surface area contributed by atoms with Crippen LogP contribution in [0.15, 0.2) is 72.0 Å². The van der Waals surface area contributed by atoms with E-state index in [1.165, 1.54) is 17.7 Å². The van der Waals surface area contributed by atoms with Crippen molar-refractivity contribution in [2.45, 2.75) is 6.42 Å². The van der Waals surface area contributed by atoms with E-state index in [-0.39, 0.29) is 12.5 Å². The molecular formula is C21H23FN6O. The third-order valence-electron chi connectivity index (χ3n) is 4.16. The van der Waals surface area contributed by atoms with Crippen molar-refractivity contribution >= 4 is 17.6 Å². The Balaban J connectivity index is 1.40. The van der Waals surface area contributed by atoms with Crippen molar-refractivity contribution in [3.63, 3.8) is 0 Å². The molecule has 7 nitrogen and oxygen atoms in total. The van der Waals surface area contributed by atoms with Crippen molar-refractivity contribution in [1.29, 1.82) is 0 Å². The molecule has 0 unspecified atom stereocenters. The van der Waals surface area contributed by atoms with Crippen LogP contribution in [0.3, 0.4) is 0 Å². The molecule has 3 aromatic rings. The maximum atomic E-state index is 13.2. The van der Waals surface area contributed by atoms with Gasteiger partial charge in [-0.3, -0.25) is 9.79 Å². The first-order valence-electron chi connectivity index (χ1n) is 9.23. The summed E-state index contributed by atoms with van der Waals surface area (Å²) >= 11 is 0. The topological polar surface area (TPSA) is 83.3 Å². The van der Waals surface area contributed by atoms with Gasteiger partial charge in [0.2, 0.25) is 5.91 Å². The number of carbonyl (C=O) groups is 1. The molecule has 3 N–H and O–H groups in total. The summed E-state index contributed by atoms with van der Waals surface area (Å²) in [5, 5.41) is 12.9. The predicted octanol–water partition coefficient (Wildman–Crippen LogP) is 2.36. The Morgan fingerprint density at radius 1 is 1.14 bits per heavy atom. The number of nitrogens with one attached hydrogen (secondary N) is 3. The Bertz CT molecular complexity index is 954. The number of hydrogen-bond donors (Lipinski definition) is 3. The number of hydrogen-bond acceptors (Lipinski definition) is 3. The number of benzene rings is 2. The molecule has 1 amide bonds. The van der Waals surface area contributed by atoms with Crippen LogP contribution in [-0.4, -0.2) is 41.8 Å². The Hall–Kier alpha value is -3.68. The molecule has 0 spiro atoms. The number of nitrogens with zero attached hydrogens (tertiary/aromatic N) is 3. The minimum Gasteiger partial charge on any atom is -0.356 e. The fourth-order valence-corrected chi connectivity index (χ4v) is 2.72. The monoisotopic (exact) mass is 394 g/mol. The van der Waals surface area contributed by atoms with Gasteiger partial charge in [0.25, 0.3) is 0 Å². The van der Waals surface area contributed by atoms with Gasteiger partial charge in [0, 0.05) is 31.7 Å². The molecule has 29 heavy (non-hydrogen) atoms. The summed E-state index contributed by atoms with van der Waals surface area (Å²) in [5.74, 6) is -0.161. The first-order valence-corrected chi connectivity index (χ1v) is 9.23. The minimum absolute atomic E-state index is 0.0226. The summed E-state index contributed by atoms with van der Waals surface area (Å²) < 4.78 is 15.0. The number of carbonyl (C=O) groups excluding carboxylic acids is 1. The van der Waals surface area contributed by atoms with Crippen LogP contribution >= 0.6 is 0 Å². The third kappa shape index (κ3) is 6.17. The summed E-state index contributed by atoms with van der Waals surface area (Å²) in [6, 6.07) is 15.8. The quantitative estimate of drug-likeness (QED) is 0.424. The molecule has 0 saturated heterocycles. The highest BCUT2D eigenvalue weighted by molar-refractivity contribution is 5.94. The van der Waals surface area contributed by atoms with Gasteiger partial charge < -0.3 is 16.0 Å². The maximum Gasteiger partial charge on any atom is 0.243 e. The second-order valence-electron chi connectivity index (χ2n) is 6.28. The van der Waals surface area contributed by atoms with Gasteiger partial charge in [-0.2, -0.15) is 5.10 Å². The Kier molecular flexibility index (Phi) is 6.94. The summed E-state index contributed by atoms with van der Waals surface area (Å²) in [6.45, 7) is 0.682. The maximum absolute atomic E-state index is 13.2. The van der Waals surface area contributed by atoms with Gasteiger partial charge in [-0.1, -0.05) is 18.2 Å². The average Bonchev–Trinajstić information content (AvgIpc) is 3.26. The second-order valence-corrected chi connectivity index (χ2v) is 6.28. The number of aliphatic imine (C=N–C) groups is 1. The van der Waals surface area contributed by atoms with Crippen LogP contribution in [0.2, 0.25) is 0 Å². The molecule has 0 aliphatic rings. The third-order valence-corrected chi connectivity index (χ3v) is 4.16. The van der Waals surface area contributed by atoms with Crippen molar-refractivity contribution in [3.05, 3.63) is 78.4 Å². The van der Waals surface area contributed by atoms with Crippen LogP contribution in [0.1, 0.15) is 5.56 Å². The van der Waals surface area contributed by atoms with Crippen molar-refractivity contribution in [2.75, 3.05) is 25.5 Å². The Labute approximate surface area is 168 Å². The van der Waals surface area contributed by atoms with Crippen molar-refractivity contribution in [2.24, 2.45) is 4.99 Å². The molecule has 0 saturated carbocycles. The van der Waals surface area contributed by atoms with Crippen molar-refractivity contribution < 1.29 is 9.18 Å². The molecule has 0 aliphatic carbocycles. The van der Waals surface area contributed by atoms with E-state index in [1.54, 1.807) is 25.4 Å². The van der Waals surface area contributed by atoms with Gasteiger partial charge in [0.15, 0.2) is 5.96 Å². The lowest BCUT2D eigenvalue weighted by molar-refractivity contribution is -0.115. The minimum atomic E-state index is -0.397. The number of halogens is 1. The molecule has 1 heterocycles. The highest BCUT2D eigenvalue weighted by Crippen LogP contribution is 2.09. The molecular weight excluding hydrogens is 371 g/mol. The normalized spacial score (nSPS) is 11.2. The van der Waals surface area contributed by atoms with Crippen LogP contribution in [0.25, 0.3) is 5.69 Å². The van der Waals surface area contributed by atoms with Crippen molar-refractivity contribution in [1.82, 2.24) is 20.4 Å². The molecule has 3 rings (SSSR count). The molecule has 1 aromatic heterocycles. The van der Waals surface area contributed by atoms with E-state index in [0.717, 1.165) is 12.1 Å². The first-order chi connectivity index (χ1) is 14.1. The number of guanidine groups is 1. The molecule has 0 bridgehead atoms. The molecule has 0 aliphatic heterocycles. The van der Waals surface area contributed by atoms with E-state index in [2.05, 4.69) is 38.2 Å². The van der Waals surface area contributed by atoms with Crippen molar-refractivity contribution in [3.8, 4) is 5.69 Å². The van der Waals surface area contributed by atoms with E-state index in [0.29, 0.717) is 18.2 Å². The lowest BCUT2D eigenvalue weighted by Crippen LogP contribution is -2.42. The summed E-state index contributed by atoms with van der Waals surface area (Å²) in [5.41, 5.74) is 2.60. The largest absolute Gasteiger partial charge is 0.356 e.